The van der Waals surface area contributed by atoms with E-state index in [2.05, 4.69) is 22.4 Å². The summed E-state index contributed by atoms with van der Waals surface area (Å²) < 4.78 is 10.4. The molecule has 0 radical (unpaired) electrons. The van der Waals surface area contributed by atoms with Gasteiger partial charge < -0.3 is 14.8 Å². The number of fused-ring (bicyclic) bond motifs is 1. The lowest BCUT2D eigenvalue weighted by molar-refractivity contribution is 0.398. The fraction of sp³-hybridized carbons (Fsp3) is 0.353. The highest BCUT2D eigenvalue weighted by Gasteiger charge is 2.20. The summed E-state index contributed by atoms with van der Waals surface area (Å²) in [4.78, 5) is 4.24. The third-order valence-electron chi connectivity index (χ3n) is 3.95. The summed E-state index contributed by atoms with van der Waals surface area (Å²) in [6, 6.07) is 10.5. The van der Waals surface area contributed by atoms with Crippen LogP contribution in [0.25, 0.3) is 0 Å². The van der Waals surface area contributed by atoms with Crippen LogP contribution in [0.5, 0.6) is 11.6 Å². The van der Waals surface area contributed by atoms with E-state index in [0.29, 0.717) is 11.9 Å². The van der Waals surface area contributed by atoms with Crippen LogP contribution < -0.4 is 14.8 Å². The van der Waals surface area contributed by atoms with E-state index in [4.69, 9.17) is 9.47 Å². The Morgan fingerprint density at radius 1 is 1.14 bits per heavy atom. The molecular weight excluding hydrogens is 264 g/mol. The third kappa shape index (κ3) is 2.94. The number of benzene rings is 1. The first-order chi connectivity index (χ1) is 10.3. The highest BCUT2D eigenvalue weighted by Crippen LogP contribution is 2.34. The second kappa shape index (κ2) is 6.04. The Labute approximate surface area is 125 Å². The number of anilines is 1. The van der Waals surface area contributed by atoms with Crippen LogP contribution in [0.3, 0.4) is 0 Å². The number of ether oxygens (including phenoxy) is 2. The van der Waals surface area contributed by atoms with Crippen molar-refractivity contribution in [2.45, 2.75) is 25.3 Å². The monoisotopic (exact) mass is 284 g/mol. The number of pyridine rings is 1. The van der Waals surface area contributed by atoms with Gasteiger partial charge in [0.2, 0.25) is 5.88 Å². The van der Waals surface area contributed by atoms with Gasteiger partial charge in [0.1, 0.15) is 5.75 Å². The second-order valence-corrected chi connectivity index (χ2v) is 5.24. The van der Waals surface area contributed by atoms with Crippen LogP contribution in [0.1, 0.15) is 30.0 Å². The van der Waals surface area contributed by atoms with Gasteiger partial charge in [-0.2, -0.15) is 0 Å². The number of nitrogens with one attached hydrogen (secondary N) is 1. The number of rotatable bonds is 4. The maximum absolute atomic E-state index is 5.35. The zero-order valence-electron chi connectivity index (χ0n) is 12.4. The highest BCUT2D eigenvalue weighted by atomic mass is 16.5. The molecule has 3 rings (SSSR count). The molecule has 1 aromatic carbocycles. The van der Waals surface area contributed by atoms with Gasteiger partial charge in [-0.1, -0.05) is 6.07 Å². The minimum Gasteiger partial charge on any atom is -0.497 e. The van der Waals surface area contributed by atoms with Gasteiger partial charge in [-0.05, 0) is 48.6 Å². The SMILES string of the molecule is COc1ccc2c(c1)C(Nc1ccc(OC)nc1)CCC2. The fourth-order valence-corrected chi connectivity index (χ4v) is 2.84. The van der Waals surface area contributed by atoms with E-state index in [-0.39, 0.29) is 0 Å². The smallest absolute Gasteiger partial charge is 0.213 e. The number of methoxy groups -OCH3 is 2. The lowest BCUT2D eigenvalue weighted by atomic mass is 9.87. The van der Waals surface area contributed by atoms with Crippen LogP contribution in [0.4, 0.5) is 5.69 Å². The molecular formula is C17H20N2O2. The van der Waals surface area contributed by atoms with E-state index >= 15 is 0 Å². The maximum atomic E-state index is 5.35. The van der Waals surface area contributed by atoms with Gasteiger partial charge in [0.05, 0.1) is 32.1 Å². The lowest BCUT2D eigenvalue weighted by Crippen LogP contribution is -2.17. The van der Waals surface area contributed by atoms with E-state index in [1.165, 1.54) is 17.5 Å². The molecule has 2 aromatic rings. The first-order valence-corrected chi connectivity index (χ1v) is 7.23. The fourth-order valence-electron chi connectivity index (χ4n) is 2.84. The average Bonchev–Trinajstić information content (AvgIpc) is 2.55. The first kappa shape index (κ1) is 13.7. The van der Waals surface area contributed by atoms with Crippen molar-refractivity contribution < 1.29 is 9.47 Å². The summed E-state index contributed by atoms with van der Waals surface area (Å²) >= 11 is 0. The molecule has 1 heterocycles. The molecule has 0 fully saturated rings. The van der Waals surface area contributed by atoms with Crippen molar-refractivity contribution in [1.82, 2.24) is 4.98 Å². The summed E-state index contributed by atoms with van der Waals surface area (Å²) in [5.41, 5.74) is 3.74. The Morgan fingerprint density at radius 2 is 2.05 bits per heavy atom. The molecule has 4 heteroatoms. The van der Waals surface area contributed by atoms with E-state index in [1.54, 1.807) is 14.2 Å². The number of aromatic nitrogens is 1. The van der Waals surface area contributed by atoms with E-state index in [0.717, 1.165) is 24.3 Å². The van der Waals surface area contributed by atoms with E-state index in [9.17, 15) is 0 Å². The Balaban J connectivity index is 1.83. The molecule has 21 heavy (non-hydrogen) atoms. The molecule has 4 nitrogen and oxygen atoms in total. The van der Waals surface area contributed by atoms with Crippen LogP contribution in [0.2, 0.25) is 0 Å². The minimum absolute atomic E-state index is 0.305. The van der Waals surface area contributed by atoms with Crippen LogP contribution >= 0.6 is 0 Å². The standard InChI is InChI=1S/C17H20N2O2/c1-20-14-8-6-12-4-3-5-16(15(12)10-14)19-13-7-9-17(21-2)18-11-13/h6-11,16,19H,3-5H2,1-2H3. The number of aryl methyl sites for hydroxylation is 1. The third-order valence-corrected chi connectivity index (χ3v) is 3.95. The Bertz CT molecular complexity index is 611. The largest absolute Gasteiger partial charge is 0.497 e. The van der Waals surface area contributed by atoms with Gasteiger partial charge >= 0.3 is 0 Å². The molecule has 110 valence electrons. The molecule has 0 saturated heterocycles. The molecule has 0 aliphatic heterocycles. The highest BCUT2D eigenvalue weighted by molar-refractivity contribution is 5.48. The van der Waals surface area contributed by atoms with Gasteiger partial charge in [0.15, 0.2) is 0 Å². The van der Waals surface area contributed by atoms with E-state index in [1.807, 2.05) is 24.4 Å². The molecule has 0 saturated carbocycles. The predicted octanol–water partition coefficient (Wildman–Crippen LogP) is 3.59. The van der Waals surface area contributed by atoms with Crippen molar-refractivity contribution in [3.63, 3.8) is 0 Å². The van der Waals surface area contributed by atoms with Crippen LogP contribution in [0.15, 0.2) is 36.5 Å². The van der Waals surface area contributed by atoms with E-state index < -0.39 is 0 Å². The zero-order chi connectivity index (χ0) is 14.7. The quantitative estimate of drug-likeness (QED) is 0.931. The van der Waals surface area contributed by atoms with Crippen LogP contribution in [-0.2, 0) is 6.42 Å². The summed E-state index contributed by atoms with van der Waals surface area (Å²) in [7, 11) is 3.33. The molecule has 0 spiro atoms. The molecule has 1 unspecified atom stereocenters. The molecule has 1 aromatic heterocycles. The van der Waals surface area contributed by atoms with Crippen molar-refractivity contribution in [1.29, 1.82) is 0 Å². The maximum Gasteiger partial charge on any atom is 0.213 e. The molecule has 1 aliphatic rings. The average molecular weight is 284 g/mol. The van der Waals surface area contributed by atoms with Crippen molar-refractivity contribution >= 4 is 5.69 Å². The molecule has 1 N–H and O–H groups in total. The van der Waals surface area contributed by atoms with Crippen molar-refractivity contribution in [2.24, 2.45) is 0 Å². The Hall–Kier alpha value is -2.23. The number of hydrogen-bond acceptors (Lipinski definition) is 4. The minimum atomic E-state index is 0.305. The number of hydrogen-bond donors (Lipinski definition) is 1. The van der Waals surface area contributed by atoms with Crippen LogP contribution in [-0.4, -0.2) is 19.2 Å². The van der Waals surface area contributed by atoms with Gasteiger partial charge in [0, 0.05) is 6.07 Å². The zero-order valence-corrected chi connectivity index (χ0v) is 12.4. The lowest BCUT2D eigenvalue weighted by Gasteiger charge is -2.27. The molecule has 1 aliphatic carbocycles. The molecule has 1 atom stereocenters. The van der Waals surface area contributed by atoms with Gasteiger partial charge in [0.25, 0.3) is 0 Å². The Morgan fingerprint density at radius 3 is 2.76 bits per heavy atom. The normalized spacial score (nSPS) is 17.0. The van der Waals surface area contributed by atoms with Gasteiger partial charge in [-0.3, -0.25) is 0 Å². The molecule has 0 bridgehead atoms. The van der Waals surface area contributed by atoms with Crippen molar-refractivity contribution in [2.75, 3.05) is 19.5 Å². The summed E-state index contributed by atoms with van der Waals surface area (Å²) in [6.07, 6.45) is 5.26. The summed E-state index contributed by atoms with van der Waals surface area (Å²) in [6.45, 7) is 0. The summed E-state index contributed by atoms with van der Waals surface area (Å²) in [5.74, 6) is 1.54. The van der Waals surface area contributed by atoms with Gasteiger partial charge in [-0.15, -0.1) is 0 Å². The van der Waals surface area contributed by atoms with Crippen LogP contribution in [0, 0.1) is 0 Å². The topological polar surface area (TPSA) is 43.4 Å². The van der Waals surface area contributed by atoms with Crippen molar-refractivity contribution in [3.8, 4) is 11.6 Å². The predicted molar refractivity (Wildman–Crippen MR) is 83.1 cm³/mol. The number of nitrogens with zero attached hydrogens (tertiary/aromatic N) is 1. The first-order valence-electron chi connectivity index (χ1n) is 7.23. The Kier molecular flexibility index (Phi) is 3.95. The second-order valence-electron chi connectivity index (χ2n) is 5.24. The molecule has 0 amide bonds. The summed E-state index contributed by atoms with van der Waals surface area (Å²) in [5, 5.41) is 3.57. The van der Waals surface area contributed by atoms with Crippen molar-refractivity contribution in [3.05, 3.63) is 47.7 Å². The van der Waals surface area contributed by atoms with Gasteiger partial charge in [-0.25, -0.2) is 4.98 Å².